The average Bonchev–Trinajstić information content (AvgIpc) is 2.89. The van der Waals surface area contributed by atoms with Crippen LogP contribution < -0.4 is 11.3 Å². The minimum atomic E-state index is 0.710. The first-order chi connectivity index (χ1) is 9.19. The molecule has 3 rings (SSSR count). The van der Waals surface area contributed by atoms with Crippen molar-refractivity contribution < 1.29 is 0 Å². The first-order valence-corrected chi connectivity index (χ1v) is 7.59. The van der Waals surface area contributed by atoms with Crippen molar-refractivity contribution in [3.05, 3.63) is 38.4 Å². The number of nitrogens with two attached hydrogens (primary N) is 1. The highest BCUT2D eigenvalue weighted by Gasteiger charge is 2.19. The molecular weight excluding hydrogens is 372 g/mol. The average molecular weight is 384 g/mol. The summed E-state index contributed by atoms with van der Waals surface area (Å²) >= 11 is 6.96. The van der Waals surface area contributed by atoms with Gasteiger partial charge in [0.15, 0.2) is 5.82 Å². The molecule has 0 atom stereocenters. The van der Waals surface area contributed by atoms with Gasteiger partial charge in [0.05, 0.1) is 0 Å². The van der Waals surface area contributed by atoms with E-state index in [0.717, 1.165) is 50.8 Å². The summed E-state index contributed by atoms with van der Waals surface area (Å²) in [6.45, 7) is 0. The van der Waals surface area contributed by atoms with Crippen molar-refractivity contribution in [3.8, 4) is 11.4 Å². The molecule has 0 radical (unpaired) electrons. The predicted octanol–water partition coefficient (Wildman–Crippen LogP) is 3.44. The lowest BCUT2D eigenvalue weighted by Crippen LogP contribution is -2.12. The summed E-state index contributed by atoms with van der Waals surface area (Å²) in [5, 5.41) is 0. The van der Waals surface area contributed by atoms with Crippen LogP contribution in [-0.4, -0.2) is 9.97 Å². The quantitative estimate of drug-likeness (QED) is 0.615. The van der Waals surface area contributed by atoms with E-state index in [4.69, 9.17) is 5.84 Å². The summed E-state index contributed by atoms with van der Waals surface area (Å²) in [5.74, 6) is 7.02. The van der Waals surface area contributed by atoms with E-state index in [1.54, 1.807) is 0 Å². The largest absolute Gasteiger partial charge is 0.308 e. The number of nitrogens with one attached hydrogen (secondary N) is 1. The van der Waals surface area contributed by atoms with E-state index in [1.807, 2.05) is 18.2 Å². The number of nitrogens with zero attached hydrogens (tertiary/aromatic N) is 2. The molecule has 4 nitrogen and oxygen atoms in total. The normalized spacial score (nSPS) is 13.4. The van der Waals surface area contributed by atoms with Crippen LogP contribution in [0, 0.1) is 0 Å². The van der Waals surface area contributed by atoms with Crippen molar-refractivity contribution in [2.24, 2.45) is 5.84 Å². The Balaban J connectivity index is 2.12. The van der Waals surface area contributed by atoms with Gasteiger partial charge in [-0.3, -0.25) is 0 Å². The Hall–Kier alpha value is -0.980. The van der Waals surface area contributed by atoms with E-state index < -0.39 is 0 Å². The summed E-state index contributed by atoms with van der Waals surface area (Å²) in [4.78, 5) is 9.18. The molecule has 19 heavy (non-hydrogen) atoms. The molecular formula is C13H12Br2N4. The zero-order valence-corrected chi connectivity index (χ0v) is 13.3. The molecule has 0 aliphatic heterocycles. The van der Waals surface area contributed by atoms with E-state index in [1.165, 1.54) is 0 Å². The van der Waals surface area contributed by atoms with Crippen LogP contribution in [0.2, 0.25) is 0 Å². The second-order valence-corrected chi connectivity index (χ2v) is 6.16. The molecule has 98 valence electrons. The van der Waals surface area contributed by atoms with Crippen LogP contribution in [0.4, 0.5) is 5.82 Å². The molecule has 0 fully saturated rings. The van der Waals surface area contributed by atoms with Crippen molar-refractivity contribution in [1.29, 1.82) is 0 Å². The zero-order chi connectivity index (χ0) is 13.4. The highest BCUT2D eigenvalue weighted by atomic mass is 79.9. The van der Waals surface area contributed by atoms with Crippen LogP contribution in [0.15, 0.2) is 27.1 Å². The van der Waals surface area contributed by atoms with E-state index in [0.29, 0.717) is 5.82 Å². The molecule has 1 aromatic heterocycles. The van der Waals surface area contributed by atoms with Gasteiger partial charge in [0.2, 0.25) is 0 Å². The van der Waals surface area contributed by atoms with E-state index in [9.17, 15) is 0 Å². The van der Waals surface area contributed by atoms with Crippen molar-refractivity contribution in [3.63, 3.8) is 0 Å². The SMILES string of the molecule is NNc1nc(-c2ccc(Br)c(Br)c2)nc2c1CCC2. The molecule has 1 aliphatic rings. The third-order valence-electron chi connectivity index (χ3n) is 3.25. The first-order valence-electron chi connectivity index (χ1n) is 6.01. The number of fused-ring (bicyclic) bond motifs is 1. The van der Waals surface area contributed by atoms with Gasteiger partial charge in [-0.15, -0.1) is 0 Å². The van der Waals surface area contributed by atoms with Crippen molar-refractivity contribution in [2.75, 3.05) is 5.43 Å². The molecule has 1 aliphatic carbocycles. The number of hydrazine groups is 1. The van der Waals surface area contributed by atoms with E-state index in [-0.39, 0.29) is 0 Å². The molecule has 0 spiro atoms. The maximum atomic E-state index is 5.57. The fourth-order valence-electron chi connectivity index (χ4n) is 2.32. The van der Waals surface area contributed by atoms with Crippen LogP contribution in [-0.2, 0) is 12.8 Å². The molecule has 1 aromatic carbocycles. The molecule has 6 heteroatoms. The molecule has 0 bridgehead atoms. The van der Waals surface area contributed by atoms with Gasteiger partial charge in [0, 0.05) is 25.8 Å². The number of rotatable bonds is 2. The van der Waals surface area contributed by atoms with Crippen LogP contribution >= 0.6 is 31.9 Å². The number of halogens is 2. The molecule has 3 N–H and O–H groups in total. The lowest BCUT2D eigenvalue weighted by atomic mass is 10.2. The van der Waals surface area contributed by atoms with Crippen LogP contribution in [0.1, 0.15) is 17.7 Å². The fraction of sp³-hybridized carbons (Fsp3) is 0.231. The number of aromatic nitrogens is 2. The fourth-order valence-corrected chi connectivity index (χ4v) is 2.94. The minimum absolute atomic E-state index is 0.710. The maximum absolute atomic E-state index is 5.57. The molecule has 0 saturated heterocycles. The summed E-state index contributed by atoms with van der Waals surface area (Å²) < 4.78 is 1.99. The Labute approximate surface area is 128 Å². The molecule has 0 unspecified atom stereocenters. The summed E-state index contributed by atoms with van der Waals surface area (Å²) in [6, 6.07) is 5.97. The highest BCUT2D eigenvalue weighted by molar-refractivity contribution is 9.13. The van der Waals surface area contributed by atoms with Gasteiger partial charge in [0.1, 0.15) is 5.82 Å². The molecule has 1 heterocycles. The van der Waals surface area contributed by atoms with E-state index in [2.05, 4.69) is 47.3 Å². The maximum Gasteiger partial charge on any atom is 0.161 e. The second kappa shape index (κ2) is 5.19. The first kappa shape index (κ1) is 13.0. The smallest absolute Gasteiger partial charge is 0.161 e. The standard InChI is InChI=1S/C13H12Br2N4/c14-9-5-4-7(6-10(9)15)12-17-11-3-1-2-8(11)13(18-12)19-16/h4-6H,1-3,16H2,(H,17,18,19). The number of aryl methyl sites for hydroxylation is 1. The third kappa shape index (κ3) is 2.40. The van der Waals surface area contributed by atoms with Gasteiger partial charge in [0.25, 0.3) is 0 Å². The molecule has 0 amide bonds. The van der Waals surface area contributed by atoms with Crippen molar-refractivity contribution in [1.82, 2.24) is 9.97 Å². The summed E-state index contributed by atoms with van der Waals surface area (Å²) in [5.41, 5.74) is 5.93. The van der Waals surface area contributed by atoms with Crippen molar-refractivity contribution in [2.45, 2.75) is 19.3 Å². The second-order valence-electron chi connectivity index (χ2n) is 4.45. The number of benzene rings is 1. The number of hydrogen-bond acceptors (Lipinski definition) is 4. The van der Waals surface area contributed by atoms with Gasteiger partial charge in [-0.25, -0.2) is 15.8 Å². The topological polar surface area (TPSA) is 63.8 Å². The van der Waals surface area contributed by atoms with Crippen LogP contribution in [0.5, 0.6) is 0 Å². The zero-order valence-electron chi connectivity index (χ0n) is 10.1. The number of anilines is 1. The number of nitrogen functional groups attached to an aromatic ring is 1. The molecule has 0 saturated carbocycles. The van der Waals surface area contributed by atoms with Gasteiger partial charge in [-0.05, 0) is 69.3 Å². The lowest BCUT2D eigenvalue weighted by molar-refractivity contribution is 0.900. The minimum Gasteiger partial charge on any atom is -0.308 e. The highest BCUT2D eigenvalue weighted by Crippen LogP contribution is 2.31. The Kier molecular flexibility index (Phi) is 3.56. The molecule has 2 aromatic rings. The monoisotopic (exact) mass is 382 g/mol. The summed E-state index contributed by atoms with van der Waals surface area (Å²) in [6.07, 6.45) is 3.11. The number of hydrogen-bond donors (Lipinski definition) is 2. The van der Waals surface area contributed by atoms with Gasteiger partial charge in [-0.1, -0.05) is 0 Å². The Bertz CT molecular complexity index is 643. The van der Waals surface area contributed by atoms with Gasteiger partial charge < -0.3 is 5.43 Å². The van der Waals surface area contributed by atoms with Crippen LogP contribution in [0.25, 0.3) is 11.4 Å². The summed E-state index contributed by atoms with van der Waals surface area (Å²) in [7, 11) is 0. The Morgan fingerprint density at radius 2 is 1.95 bits per heavy atom. The Morgan fingerprint density at radius 1 is 1.11 bits per heavy atom. The Morgan fingerprint density at radius 3 is 2.68 bits per heavy atom. The van der Waals surface area contributed by atoms with Gasteiger partial charge >= 0.3 is 0 Å². The predicted molar refractivity (Wildman–Crippen MR) is 82.7 cm³/mol. The lowest BCUT2D eigenvalue weighted by Gasteiger charge is -2.09. The van der Waals surface area contributed by atoms with Crippen LogP contribution in [0.3, 0.4) is 0 Å². The third-order valence-corrected chi connectivity index (χ3v) is 5.13. The van der Waals surface area contributed by atoms with Gasteiger partial charge in [-0.2, -0.15) is 0 Å². The van der Waals surface area contributed by atoms with E-state index >= 15 is 0 Å². The van der Waals surface area contributed by atoms with Crippen molar-refractivity contribution >= 4 is 37.7 Å².